The highest BCUT2D eigenvalue weighted by molar-refractivity contribution is 5.81. The van der Waals surface area contributed by atoms with Crippen molar-refractivity contribution in [3.8, 4) is 22.6 Å². The van der Waals surface area contributed by atoms with Gasteiger partial charge in [0, 0.05) is 23.9 Å². The molecule has 0 amide bonds. The fourth-order valence-electron chi connectivity index (χ4n) is 2.63. The average Bonchev–Trinajstić information content (AvgIpc) is 3.07. The molecule has 0 radical (unpaired) electrons. The number of benzene rings is 1. The standard InChI is InChI=1S/C13H11N5/c1-2-4-10-9(3-1)5-7-18-8-6-11(12(10)18)13-14-16-17-15-13/h1-4,6,8H,5,7H2,(H,14,15,16,17). The Morgan fingerprint density at radius 3 is 2.94 bits per heavy atom. The number of tetrazole rings is 1. The van der Waals surface area contributed by atoms with Crippen molar-refractivity contribution in [2.24, 2.45) is 0 Å². The van der Waals surface area contributed by atoms with Gasteiger partial charge in [0.05, 0.1) is 5.69 Å². The molecule has 2 aromatic heterocycles. The zero-order valence-corrected chi connectivity index (χ0v) is 9.67. The number of nitrogens with one attached hydrogen (secondary N) is 1. The van der Waals surface area contributed by atoms with Gasteiger partial charge in [0.25, 0.3) is 0 Å². The van der Waals surface area contributed by atoms with Crippen molar-refractivity contribution in [3.05, 3.63) is 42.1 Å². The lowest BCUT2D eigenvalue weighted by atomic mass is 9.96. The molecular weight excluding hydrogens is 226 g/mol. The summed E-state index contributed by atoms with van der Waals surface area (Å²) < 4.78 is 2.26. The Labute approximate surface area is 103 Å². The lowest BCUT2D eigenvalue weighted by Crippen LogP contribution is -2.09. The lowest BCUT2D eigenvalue weighted by Gasteiger charge is -2.20. The minimum Gasteiger partial charge on any atom is -0.347 e. The van der Waals surface area contributed by atoms with E-state index in [1.807, 2.05) is 0 Å². The minimum absolute atomic E-state index is 0.723. The fraction of sp³-hybridized carbons (Fsp3) is 0.154. The predicted molar refractivity (Wildman–Crippen MR) is 66.7 cm³/mol. The quantitative estimate of drug-likeness (QED) is 0.703. The number of aryl methyl sites for hydroxylation is 2. The Balaban J connectivity index is 2.00. The Hall–Kier alpha value is -2.43. The van der Waals surface area contributed by atoms with Crippen molar-refractivity contribution in [1.29, 1.82) is 0 Å². The van der Waals surface area contributed by atoms with E-state index in [4.69, 9.17) is 0 Å². The maximum Gasteiger partial charge on any atom is 0.181 e. The molecule has 3 aromatic rings. The minimum atomic E-state index is 0.723. The van der Waals surface area contributed by atoms with E-state index in [2.05, 4.69) is 61.7 Å². The summed E-state index contributed by atoms with van der Waals surface area (Å²) in [6, 6.07) is 10.6. The third-order valence-corrected chi connectivity index (χ3v) is 3.46. The molecular formula is C13H11N5. The fourth-order valence-corrected chi connectivity index (χ4v) is 2.63. The molecule has 1 aromatic carbocycles. The molecule has 5 nitrogen and oxygen atoms in total. The molecule has 0 saturated carbocycles. The second-order valence-electron chi connectivity index (χ2n) is 4.43. The van der Waals surface area contributed by atoms with Crippen LogP contribution in [0.3, 0.4) is 0 Å². The summed E-state index contributed by atoms with van der Waals surface area (Å²) in [5.74, 6) is 0.723. The Morgan fingerprint density at radius 2 is 2.06 bits per heavy atom. The Bertz CT molecular complexity index is 696. The van der Waals surface area contributed by atoms with Gasteiger partial charge in [-0.3, -0.25) is 0 Å². The number of H-pyrrole nitrogens is 1. The molecule has 5 heteroatoms. The monoisotopic (exact) mass is 237 g/mol. The summed E-state index contributed by atoms with van der Waals surface area (Å²) in [5, 5.41) is 14.2. The second kappa shape index (κ2) is 3.53. The van der Waals surface area contributed by atoms with Gasteiger partial charge < -0.3 is 4.57 Å². The normalized spacial score (nSPS) is 13.1. The average molecular weight is 237 g/mol. The van der Waals surface area contributed by atoms with Crippen molar-refractivity contribution >= 4 is 0 Å². The zero-order chi connectivity index (χ0) is 11.9. The SMILES string of the molecule is c1ccc2c(c1)CCn1ccc(-c3nnn[nH]3)c1-2. The lowest BCUT2D eigenvalue weighted by molar-refractivity contribution is 0.689. The third kappa shape index (κ3) is 1.24. The molecule has 0 fully saturated rings. The predicted octanol–water partition coefficient (Wildman–Crippen LogP) is 1.89. The molecule has 0 unspecified atom stereocenters. The summed E-state index contributed by atoms with van der Waals surface area (Å²) >= 11 is 0. The summed E-state index contributed by atoms with van der Waals surface area (Å²) in [6.07, 6.45) is 3.18. The van der Waals surface area contributed by atoms with Crippen LogP contribution in [0.5, 0.6) is 0 Å². The van der Waals surface area contributed by atoms with Crippen LogP contribution in [0.25, 0.3) is 22.6 Å². The van der Waals surface area contributed by atoms with Crippen LogP contribution < -0.4 is 0 Å². The molecule has 1 aliphatic heterocycles. The second-order valence-corrected chi connectivity index (χ2v) is 4.43. The summed E-state index contributed by atoms with van der Waals surface area (Å²) in [4.78, 5) is 0. The van der Waals surface area contributed by atoms with Crippen LogP contribution in [-0.2, 0) is 13.0 Å². The van der Waals surface area contributed by atoms with E-state index in [1.54, 1.807) is 0 Å². The van der Waals surface area contributed by atoms with Gasteiger partial charge in [0.2, 0.25) is 0 Å². The van der Waals surface area contributed by atoms with Crippen LogP contribution >= 0.6 is 0 Å². The number of hydrogen-bond donors (Lipinski definition) is 1. The number of aromatic nitrogens is 5. The molecule has 0 saturated heterocycles. The van der Waals surface area contributed by atoms with Crippen LogP contribution in [0.1, 0.15) is 5.56 Å². The van der Waals surface area contributed by atoms with Gasteiger partial charge in [0.15, 0.2) is 5.82 Å². The van der Waals surface area contributed by atoms with E-state index in [1.165, 1.54) is 16.8 Å². The van der Waals surface area contributed by atoms with E-state index in [0.717, 1.165) is 24.4 Å². The van der Waals surface area contributed by atoms with Crippen LogP contribution in [0, 0.1) is 0 Å². The molecule has 18 heavy (non-hydrogen) atoms. The van der Waals surface area contributed by atoms with E-state index >= 15 is 0 Å². The topological polar surface area (TPSA) is 59.4 Å². The first kappa shape index (κ1) is 9.58. The first-order valence-electron chi connectivity index (χ1n) is 5.95. The maximum absolute atomic E-state index is 4.01. The first-order valence-corrected chi connectivity index (χ1v) is 5.95. The Kier molecular flexibility index (Phi) is 1.88. The molecule has 0 spiro atoms. The summed E-state index contributed by atoms with van der Waals surface area (Å²) in [7, 11) is 0. The van der Waals surface area contributed by atoms with Crippen LogP contribution in [0.4, 0.5) is 0 Å². The molecule has 1 N–H and O–H groups in total. The highest BCUT2D eigenvalue weighted by atomic mass is 15.5. The number of aromatic amines is 1. The van der Waals surface area contributed by atoms with Crippen molar-refractivity contribution < 1.29 is 0 Å². The number of nitrogens with zero attached hydrogens (tertiary/aromatic N) is 4. The van der Waals surface area contributed by atoms with E-state index < -0.39 is 0 Å². The van der Waals surface area contributed by atoms with Crippen LogP contribution in [-0.4, -0.2) is 25.2 Å². The third-order valence-electron chi connectivity index (χ3n) is 3.46. The van der Waals surface area contributed by atoms with Gasteiger partial charge in [-0.25, -0.2) is 5.10 Å². The Morgan fingerprint density at radius 1 is 1.11 bits per heavy atom. The number of fused-ring (bicyclic) bond motifs is 3. The highest BCUT2D eigenvalue weighted by Gasteiger charge is 2.21. The van der Waals surface area contributed by atoms with Crippen molar-refractivity contribution in [2.75, 3.05) is 0 Å². The first-order chi connectivity index (χ1) is 8.93. The van der Waals surface area contributed by atoms with Crippen LogP contribution in [0.15, 0.2) is 36.5 Å². The molecule has 0 bridgehead atoms. The molecule has 0 aliphatic carbocycles. The van der Waals surface area contributed by atoms with Crippen molar-refractivity contribution in [2.45, 2.75) is 13.0 Å². The van der Waals surface area contributed by atoms with E-state index in [9.17, 15) is 0 Å². The van der Waals surface area contributed by atoms with Gasteiger partial charge in [-0.05, 0) is 28.5 Å². The summed E-state index contributed by atoms with van der Waals surface area (Å²) in [6.45, 7) is 1.01. The molecule has 3 heterocycles. The van der Waals surface area contributed by atoms with Crippen LogP contribution in [0.2, 0.25) is 0 Å². The molecule has 88 valence electrons. The molecule has 4 rings (SSSR count). The zero-order valence-electron chi connectivity index (χ0n) is 9.67. The van der Waals surface area contributed by atoms with Crippen molar-refractivity contribution in [1.82, 2.24) is 25.2 Å². The highest BCUT2D eigenvalue weighted by Crippen LogP contribution is 2.36. The smallest absolute Gasteiger partial charge is 0.181 e. The van der Waals surface area contributed by atoms with E-state index in [-0.39, 0.29) is 0 Å². The number of rotatable bonds is 1. The summed E-state index contributed by atoms with van der Waals surface area (Å²) in [5.41, 5.74) is 4.93. The van der Waals surface area contributed by atoms with Gasteiger partial charge in [-0.15, -0.1) is 5.10 Å². The number of hydrogen-bond acceptors (Lipinski definition) is 3. The largest absolute Gasteiger partial charge is 0.347 e. The van der Waals surface area contributed by atoms with Crippen molar-refractivity contribution in [3.63, 3.8) is 0 Å². The molecule has 0 atom stereocenters. The molecule has 1 aliphatic rings. The van der Waals surface area contributed by atoms with Gasteiger partial charge in [-0.1, -0.05) is 24.3 Å². The van der Waals surface area contributed by atoms with Gasteiger partial charge in [0.1, 0.15) is 0 Å². The van der Waals surface area contributed by atoms with E-state index in [0.29, 0.717) is 0 Å². The van der Waals surface area contributed by atoms with Gasteiger partial charge in [-0.2, -0.15) is 0 Å². The maximum atomic E-state index is 4.01. The van der Waals surface area contributed by atoms with Gasteiger partial charge >= 0.3 is 0 Å².